The van der Waals surface area contributed by atoms with Gasteiger partial charge in [0.25, 0.3) is 5.91 Å². The van der Waals surface area contributed by atoms with Crippen LogP contribution in [0.3, 0.4) is 0 Å². The molecule has 0 bridgehead atoms. The van der Waals surface area contributed by atoms with Gasteiger partial charge in [-0.2, -0.15) is 0 Å². The molecule has 0 aromatic heterocycles. The fourth-order valence-corrected chi connectivity index (χ4v) is 5.71. The van der Waals surface area contributed by atoms with Crippen LogP contribution in [-0.4, -0.2) is 33.0 Å². The minimum absolute atomic E-state index is 0.0167. The van der Waals surface area contributed by atoms with Gasteiger partial charge in [-0.1, -0.05) is 36.4 Å². The van der Waals surface area contributed by atoms with Crippen molar-refractivity contribution in [3.63, 3.8) is 0 Å². The highest BCUT2D eigenvalue weighted by Gasteiger charge is 2.41. The summed E-state index contributed by atoms with van der Waals surface area (Å²) in [6.07, 6.45) is 0.960. The third-order valence-corrected chi connectivity index (χ3v) is 7.79. The molecule has 0 spiro atoms. The second kappa shape index (κ2) is 11.3. The zero-order valence-electron chi connectivity index (χ0n) is 23.5. The normalized spacial score (nSPS) is 18.6. The topological polar surface area (TPSA) is 85.9 Å². The molecule has 206 valence electrons. The Morgan fingerprint density at radius 3 is 2.23 bits per heavy atom. The van der Waals surface area contributed by atoms with E-state index in [1.807, 2.05) is 80.6 Å². The van der Waals surface area contributed by atoms with Gasteiger partial charge in [-0.25, -0.2) is 0 Å². The highest BCUT2D eigenvalue weighted by Crippen LogP contribution is 2.46. The number of dihydropyridines is 1. The molecule has 3 aromatic rings. The lowest BCUT2D eigenvalue weighted by Crippen LogP contribution is -2.37. The van der Waals surface area contributed by atoms with Crippen molar-refractivity contribution in [1.82, 2.24) is 5.32 Å². The summed E-state index contributed by atoms with van der Waals surface area (Å²) in [5.41, 5.74) is 6.32. The fourth-order valence-electron chi connectivity index (χ4n) is 5.71. The Morgan fingerprint density at radius 1 is 0.850 bits per heavy atom. The average molecular weight is 539 g/mol. The molecule has 5 rings (SSSR count). The largest absolute Gasteiger partial charge is 0.497 e. The number of benzene rings is 3. The summed E-state index contributed by atoms with van der Waals surface area (Å²) >= 11 is 0. The first-order chi connectivity index (χ1) is 19.3. The van der Waals surface area contributed by atoms with Gasteiger partial charge >= 0.3 is 0 Å². The minimum atomic E-state index is -0.509. The summed E-state index contributed by atoms with van der Waals surface area (Å²) in [7, 11) is 4.82. The van der Waals surface area contributed by atoms with E-state index in [4.69, 9.17) is 14.2 Å². The van der Waals surface area contributed by atoms with Crippen molar-refractivity contribution < 1.29 is 23.8 Å². The zero-order chi connectivity index (χ0) is 28.4. The van der Waals surface area contributed by atoms with Crippen molar-refractivity contribution in [3.8, 4) is 17.2 Å². The quantitative estimate of drug-likeness (QED) is 0.383. The van der Waals surface area contributed by atoms with Gasteiger partial charge < -0.3 is 24.8 Å². The number of ketones is 1. The molecule has 1 aliphatic carbocycles. The van der Waals surface area contributed by atoms with Crippen LogP contribution in [-0.2, 0) is 9.59 Å². The van der Waals surface area contributed by atoms with Crippen LogP contribution in [0.25, 0.3) is 0 Å². The van der Waals surface area contributed by atoms with E-state index in [0.717, 1.165) is 33.8 Å². The summed E-state index contributed by atoms with van der Waals surface area (Å²) in [6, 6.07) is 21.1. The predicted octanol–water partition coefficient (Wildman–Crippen LogP) is 6.02. The number of aryl methyl sites for hydroxylation is 1. The van der Waals surface area contributed by atoms with Gasteiger partial charge in [-0.05, 0) is 73.2 Å². The number of allylic oxidation sites excluding steroid dienone is 3. The smallest absolute Gasteiger partial charge is 0.254 e. The lowest BCUT2D eigenvalue weighted by Gasteiger charge is -2.37. The van der Waals surface area contributed by atoms with Crippen LogP contribution in [0.1, 0.15) is 48.3 Å². The van der Waals surface area contributed by atoms with E-state index >= 15 is 0 Å². The molecule has 7 heteroatoms. The van der Waals surface area contributed by atoms with Crippen LogP contribution in [0, 0.1) is 6.92 Å². The molecule has 1 amide bonds. The number of rotatable bonds is 7. The van der Waals surface area contributed by atoms with E-state index in [-0.39, 0.29) is 17.6 Å². The number of hydrogen-bond acceptors (Lipinski definition) is 6. The molecule has 3 aromatic carbocycles. The van der Waals surface area contributed by atoms with Crippen LogP contribution < -0.4 is 24.8 Å². The highest BCUT2D eigenvalue weighted by atomic mass is 16.5. The number of amides is 1. The first-order valence-corrected chi connectivity index (χ1v) is 13.3. The number of nitrogens with one attached hydrogen (secondary N) is 2. The second-order valence-corrected chi connectivity index (χ2v) is 10.2. The van der Waals surface area contributed by atoms with Gasteiger partial charge in [0.1, 0.15) is 5.75 Å². The Labute approximate surface area is 234 Å². The number of para-hydroxylation sites is 1. The third-order valence-electron chi connectivity index (χ3n) is 7.79. The Kier molecular flexibility index (Phi) is 7.65. The van der Waals surface area contributed by atoms with Gasteiger partial charge in [-0.3, -0.25) is 9.59 Å². The molecule has 0 saturated carbocycles. The van der Waals surface area contributed by atoms with Crippen LogP contribution in [0.5, 0.6) is 17.2 Å². The van der Waals surface area contributed by atoms with Crippen molar-refractivity contribution in [3.05, 3.63) is 106 Å². The van der Waals surface area contributed by atoms with Crippen LogP contribution >= 0.6 is 0 Å². The third kappa shape index (κ3) is 5.07. The molecule has 2 unspecified atom stereocenters. The highest BCUT2D eigenvalue weighted by molar-refractivity contribution is 6.10. The number of methoxy groups -OCH3 is 3. The van der Waals surface area contributed by atoms with Crippen LogP contribution in [0.2, 0.25) is 0 Å². The van der Waals surface area contributed by atoms with Gasteiger partial charge in [0, 0.05) is 40.6 Å². The van der Waals surface area contributed by atoms with E-state index in [1.165, 1.54) is 0 Å². The molecule has 2 atom stereocenters. The Balaban J connectivity index is 1.55. The lowest BCUT2D eigenvalue weighted by molar-refractivity contribution is -0.116. The Hall–Kier alpha value is -4.52. The average Bonchev–Trinajstić information content (AvgIpc) is 2.97. The molecular formula is C33H34N2O5. The first kappa shape index (κ1) is 27.1. The van der Waals surface area contributed by atoms with E-state index in [9.17, 15) is 9.59 Å². The SMILES string of the molecule is COc1ccc(C2C(C(=O)Nc3ccccc3C)=C(C)NC3=C2C(=O)CC(c2ccc(OC)c(OC)c2)C3)cc1. The van der Waals surface area contributed by atoms with Crippen LogP contribution in [0.15, 0.2) is 89.3 Å². The van der Waals surface area contributed by atoms with E-state index < -0.39 is 5.92 Å². The maximum Gasteiger partial charge on any atom is 0.254 e. The maximum atomic E-state index is 14.0. The molecule has 0 fully saturated rings. The van der Waals surface area contributed by atoms with E-state index in [2.05, 4.69) is 10.6 Å². The van der Waals surface area contributed by atoms with Gasteiger partial charge in [0.15, 0.2) is 17.3 Å². The summed E-state index contributed by atoms with van der Waals surface area (Å²) < 4.78 is 16.3. The molecule has 1 heterocycles. The summed E-state index contributed by atoms with van der Waals surface area (Å²) in [5.74, 6) is 1.22. The zero-order valence-corrected chi connectivity index (χ0v) is 23.5. The monoisotopic (exact) mass is 538 g/mol. The lowest BCUT2D eigenvalue weighted by atomic mass is 9.71. The number of carbonyl (C=O) groups is 2. The fraction of sp³-hybridized carbons (Fsp3) is 0.273. The number of carbonyl (C=O) groups excluding carboxylic acids is 2. The number of ether oxygens (including phenoxy) is 3. The number of Topliss-reactive ketones (excluding diaryl/α,β-unsaturated/α-hetero) is 1. The molecule has 2 aliphatic rings. The van der Waals surface area contributed by atoms with E-state index in [1.54, 1.807) is 21.3 Å². The molecule has 0 radical (unpaired) electrons. The Morgan fingerprint density at radius 2 is 1.55 bits per heavy atom. The molecular weight excluding hydrogens is 504 g/mol. The number of hydrogen-bond donors (Lipinski definition) is 2. The number of anilines is 1. The van der Waals surface area contributed by atoms with Crippen LogP contribution in [0.4, 0.5) is 5.69 Å². The molecule has 0 saturated heterocycles. The van der Waals surface area contributed by atoms with E-state index in [0.29, 0.717) is 41.2 Å². The standard InChI is InChI=1S/C33H34N2O5/c1-19-8-6-7-9-25(19)35-33(37)30-20(2)34-26-16-23(22-12-15-28(39-4)29(18-22)40-5)17-27(36)32(26)31(30)21-10-13-24(38-3)14-11-21/h6-15,18,23,31,34H,16-17H2,1-5H3,(H,35,37). The molecule has 1 aliphatic heterocycles. The van der Waals surface area contributed by atoms with Gasteiger partial charge in [-0.15, -0.1) is 0 Å². The summed E-state index contributed by atoms with van der Waals surface area (Å²) in [5, 5.41) is 6.53. The van der Waals surface area contributed by atoms with Gasteiger partial charge in [0.2, 0.25) is 0 Å². The maximum absolute atomic E-state index is 14.0. The first-order valence-electron chi connectivity index (χ1n) is 13.3. The summed E-state index contributed by atoms with van der Waals surface area (Å²) in [6.45, 7) is 3.86. The Bertz CT molecular complexity index is 1520. The van der Waals surface area contributed by atoms with Gasteiger partial charge in [0.05, 0.1) is 21.3 Å². The summed E-state index contributed by atoms with van der Waals surface area (Å²) in [4.78, 5) is 27.8. The molecule has 7 nitrogen and oxygen atoms in total. The van der Waals surface area contributed by atoms with Crippen molar-refractivity contribution in [2.24, 2.45) is 0 Å². The van der Waals surface area contributed by atoms with Crippen molar-refractivity contribution in [1.29, 1.82) is 0 Å². The minimum Gasteiger partial charge on any atom is -0.497 e. The second-order valence-electron chi connectivity index (χ2n) is 10.2. The predicted molar refractivity (Wildman–Crippen MR) is 155 cm³/mol. The molecule has 40 heavy (non-hydrogen) atoms. The van der Waals surface area contributed by atoms with Crippen molar-refractivity contribution in [2.45, 2.75) is 38.5 Å². The molecule has 2 N–H and O–H groups in total. The van der Waals surface area contributed by atoms with Crippen molar-refractivity contribution >= 4 is 17.4 Å². The van der Waals surface area contributed by atoms with Crippen molar-refractivity contribution in [2.75, 3.05) is 26.6 Å².